The summed E-state index contributed by atoms with van der Waals surface area (Å²) in [6.07, 6.45) is -2.54. The van der Waals surface area contributed by atoms with Crippen molar-refractivity contribution < 1.29 is 21.6 Å². The summed E-state index contributed by atoms with van der Waals surface area (Å²) in [6.45, 7) is 2.83. The number of sulfone groups is 1. The molecule has 5 nitrogen and oxygen atoms in total. The van der Waals surface area contributed by atoms with Gasteiger partial charge in [-0.1, -0.05) is 0 Å². The minimum Gasteiger partial charge on any atom is -0.353 e. The summed E-state index contributed by atoms with van der Waals surface area (Å²) >= 11 is 0. The monoisotopic (exact) mass is 297 g/mol. The summed E-state index contributed by atoms with van der Waals surface area (Å²) in [5.41, 5.74) is -1.08. The SMILES string of the molecule is CC(C)(CNc1nccc(C(F)(F)F)n1)S(C)(=O)=O. The predicted molar refractivity (Wildman–Crippen MR) is 64.4 cm³/mol. The van der Waals surface area contributed by atoms with Crippen LogP contribution >= 0.6 is 0 Å². The molecule has 0 aliphatic rings. The van der Waals surface area contributed by atoms with Gasteiger partial charge in [-0.15, -0.1) is 0 Å². The molecule has 108 valence electrons. The summed E-state index contributed by atoms with van der Waals surface area (Å²) in [5, 5.41) is 2.50. The Bertz CT molecular complexity index is 555. The third-order valence-electron chi connectivity index (χ3n) is 2.62. The summed E-state index contributed by atoms with van der Waals surface area (Å²) < 4.78 is 59.0. The Balaban J connectivity index is 2.86. The van der Waals surface area contributed by atoms with E-state index in [4.69, 9.17) is 0 Å². The number of rotatable bonds is 4. The van der Waals surface area contributed by atoms with E-state index in [1.54, 1.807) is 0 Å². The van der Waals surface area contributed by atoms with Crippen LogP contribution in [0, 0.1) is 0 Å². The van der Waals surface area contributed by atoms with Crippen LogP contribution in [-0.2, 0) is 16.0 Å². The first kappa shape index (κ1) is 15.7. The highest BCUT2D eigenvalue weighted by Gasteiger charge is 2.33. The fourth-order valence-electron chi connectivity index (χ4n) is 1.02. The fraction of sp³-hybridized carbons (Fsp3) is 0.600. The van der Waals surface area contributed by atoms with E-state index in [1.165, 1.54) is 13.8 Å². The van der Waals surface area contributed by atoms with Crippen LogP contribution in [0.1, 0.15) is 19.5 Å². The molecule has 0 aliphatic heterocycles. The zero-order valence-electron chi connectivity index (χ0n) is 10.6. The van der Waals surface area contributed by atoms with Crippen molar-refractivity contribution in [3.63, 3.8) is 0 Å². The van der Waals surface area contributed by atoms with Gasteiger partial charge in [0.1, 0.15) is 5.69 Å². The Kier molecular flexibility index (Phi) is 4.08. The molecule has 0 fully saturated rings. The molecule has 1 rings (SSSR count). The third kappa shape index (κ3) is 4.05. The molecule has 0 aromatic carbocycles. The van der Waals surface area contributed by atoms with Crippen LogP contribution in [-0.4, -0.2) is 35.9 Å². The van der Waals surface area contributed by atoms with Crippen LogP contribution in [0.2, 0.25) is 0 Å². The van der Waals surface area contributed by atoms with Crippen molar-refractivity contribution in [1.29, 1.82) is 0 Å². The lowest BCUT2D eigenvalue weighted by molar-refractivity contribution is -0.141. The van der Waals surface area contributed by atoms with Crippen LogP contribution in [0.4, 0.5) is 19.1 Å². The molecule has 0 unspecified atom stereocenters. The van der Waals surface area contributed by atoms with Crippen molar-refractivity contribution in [2.45, 2.75) is 24.8 Å². The fourth-order valence-corrected chi connectivity index (χ4v) is 1.36. The smallest absolute Gasteiger partial charge is 0.353 e. The lowest BCUT2D eigenvalue weighted by atomic mass is 10.2. The largest absolute Gasteiger partial charge is 0.433 e. The molecule has 19 heavy (non-hydrogen) atoms. The quantitative estimate of drug-likeness (QED) is 0.916. The highest BCUT2D eigenvalue weighted by Crippen LogP contribution is 2.27. The average Bonchev–Trinajstić information content (AvgIpc) is 2.24. The molecule has 9 heteroatoms. The van der Waals surface area contributed by atoms with E-state index in [1.807, 2.05) is 0 Å². The van der Waals surface area contributed by atoms with Gasteiger partial charge in [0.2, 0.25) is 5.95 Å². The number of alkyl halides is 3. The second-order valence-corrected chi connectivity index (χ2v) is 7.30. The van der Waals surface area contributed by atoms with E-state index in [9.17, 15) is 21.6 Å². The van der Waals surface area contributed by atoms with Gasteiger partial charge in [0.15, 0.2) is 9.84 Å². The second kappa shape index (κ2) is 4.95. The molecule has 0 aliphatic carbocycles. The number of halogens is 3. The van der Waals surface area contributed by atoms with Gasteiger partial charge < -0.3 is 5.32 Å². The number of nitrogens with one attached hydrogen (secondary N) is 1. The molecular weight excluding hydrogens is 283 g/mol. The molecule has 1 heterocycles. The van der Waals surface area contributed by atoms with E-state index >= 15 is 0 Å². The maximum atomic E-state index is 12.4. The van der Waals surface area contributed by atoms with Crippen LogP contribution in [0.25, 0.3) is 0 Å². The van der Waals surface area contributed by atoms with Gasteiger partial charge in [0, 0.05) is 19.0 Å². The summed E-state index contributed by atoms with van der Waals surface area (Å²) in [4.78, 5) is 6.91. The van der Waals surface area contributed by atoms with E-state index in [0.29, 0.717) is 0 Å². The Morgan fingerprint density at radius 1 is 1.32 bits per heavy atom. The molecule has 0 atom stereocenters. The Labute approximate surface area is 109 Å². The van der Waals surface area contributed by atoms with Crippen molar-refractivity contribution in [2.75, 3.05) is 18.1 Å². The van der Waals surface area contributed by atoms with Crippen molar-refractivity contribution in [2.24, 2.45) is 0 Å². The van der Waals surface area contributed by atoms with Crippen LogP contribution < -0.4 is 5.32 Å². The van der Waals surface area contributed by atoms with Crippen molar-refractivity contribution >= 4 is 15.8 Å². The molecule has 0 spiro atoms. The Morgan fingerprint density at radius 3 is 2.37 bits per heavy atom. The number of anilines is 1. The van der Waals surface area contributed by atoms with Gasteiger partial charge in [0.05, 0.1) is 4.75 Å². The first-order valence-electron chi connectivity index (χ1n) is 5.27. The summed E-state index contributed by atoms with van der Waals surface area (Å²) in [6, 6.07) is 0.743. The number of aromatic nitrogens is 2. The molecule has 0 saturated heterocycles. The number of hydrogen-bond acceptors (Lipinski definition) is 5. The average molecular weight is 297 g/mol. The number of nitrogens with zero attached hydrogens (tertiary/aromatic N) is 2. The molecule has 1 aromatic rings. The van der Waals surface area contributed by atoms with E-state index in [-0.39, 0.29) is 12.5 Å². The van der Waals surface area contributed by atoms with Crippen LogP contribution in [0.15, 0.2) is 12.3 Å². The van der Waals surface area contributed by atoms with E-state index in [2.05, 4.69) is 15.3 Å². The minimum atomic E-state index is -4.56. The molecule has 0 bridgehead atoms. The lowest BCUT2D eigenvalue weighted by Gasteiger charge is -2.22. The maximum Gasteiger partial charge on any atom is 0.433 e. The summed E-state index contributed by atoms with van der Waals surface area (Å²) in [5.74, 6) is -0.258. The first-order valence-corrected chi connectivity index (χ1v) is 7.16. The maximum absolute atomic E-state index is 12.4. The second-order valence-electron chi connectivity index (χ2n) is 4.65. The highest BCUT2D eigenvalue weighted by atomic mass is 32.2. The molecule has 1 N–H and O–H groups in total. The topological polar surface area (TPSA) is 72.0 Å². The van der Waals surface area contributed by atoms with Gasteiger partial charge >= 0.3 is 6.18 Å². The van der Waals surface area contributed by atoms with Gasteiger partial charge in [-0.05, 0) is 19.9 Å². The molecule has 0 saturated carbocycles. The third-order valence-corrected chi connectivity index (χ3v) is 4.77. The van der Waals surface area contributed by atoms with Gasteiger partial charge in [-0.2, -0.15) is 13.2 Å². The Morgan fingerprint density at radius 2 is 1.89 bits per heavy atom. The van der Waals surface area contributed by atoms with Crippen LogP contribution in [0.3, 0.4) is 0 Å². The van der Waals surface area contributed by atoms with E-state index < -0.39 is 26.5 Å². The normalized spacial score (nSPS) is 13.4. The standard InChI is InChI=1S/C10H14F3N3O2S/c1-9(2,19(3,17)18)6-15-8-14-5-4-7(16-8)10(11,12)13/h4-5H,6H2,1-3H3,(H,14,15,16). The van der Waals surface area contributed by atoms with Gasteiger partial charge in [-0.3, -0.25) is 0 Å². The molecule has 0 amide bonds. The lowest BCUT2D eigenvalue weighted by Crippen LogP contribution is -2.38. The zero-order chi connectivity index (χ0) is 14.9. The van der Waals surface area contributed by atoms with Gasteiger partial charge in [-0.25, -0.2) is 18.4 Å². The highest BCUT2D eigenvalue weighted by molar-refractivity contribution is 7.92. The first-order chi connectivity index (χ1) is 8.43. The molecule has 1 aromatic heterocycles. The Hall–Kier alpha value is -1.38. The van der Waals surface area contributed by atoms with Gasteiger partial charge in [0.25, 0.3) is 0 Å². The minimum absolute atomic E-state index is 0.0901. The van der Waals surface area contributed by atoms with Crippen molar-refractivity contribution in [1.82, 2.24) is 9.97 Å². The van der Waals surface area contributed by atoms with E-state index in [0.717, 1.165) is 18.5 Å². The number of hydrogen-bond donors (Lipinski definition) is 1. The molecule has 0 radical (unpaired) electrons. The summed E-state index contributed by atoms with van der Waals surface area (Å²) in [7, 11) is -3.35. The zero-order valence-corrected chi connectivity index (χ0v) is 11.4. The predicted octanol–water partition coefficient (Wildman–Crippen LogP) is 1.73. The van der Waals surface area contributed by atoms with Crippen LogP contribution in [0.5, 0.6) is 0 Å². The van der Waals surface area contributed by atoms with Crippen molar-refractivity contribution in [3.05, 3.63) is 18.0 Å². The van der Waals surface area contributed by atoms with Crippen molar-refractivity contribution in [3.8, 4) is 0 Å². The molecular formula is C10H14F3N3O2S.